The monoisotopic (exact) mass is 439 g/mol. The summed E-state index contributed by atoms with van der Waals surface area (Å²) in [6.45, 7) is 0. The third-order valence-electron chi connectivity index (χ3n) is 2.32. The van der Waals surface area contributed by atoms with E-state index in [1.54, 1.807) is 6.07 Å². The van der Waals surface area contributed by atoms with Crippen molar-refractivity contribution in [1.29, 1.82) is 0 Å². The molecule has 0 amide bonds. The Morgan fingerprint density at radius 3 is 2.60 bits per heavy atom. The first-order chi connectivity index (χ1) is 9.31. The fraction of sp³-hybridized carbons (Fsp3) is 0. The smallest absolute Gasteiger partial charge is 0.265 e. The van der Waals surface area contributed by atoms with E-state index in [0.717, 1.165) is 0 Å². The highest BCUT2D eigenvalue weighted by Crippen LogP contribution is 2.33. The highest BCUT2D eigenvalue weighted by Gasteiger charge is 2.22. The maximum atomic E-state index is 12.4. The van der Waals surface area contributed by atoms with E-state index in [1.807, 2.05) is 0 Å². The van der Waals surface area contributed by atoms with E-state index in [2.05, 4.69) is 41.6 Å². The van der Waals surface area contributed by atoms with Gasteiger partial charge in [-0.15, -0.1) is 0 Å². The van der Waals surface area contributed by atoms with Gasteiger partial charge in [0.05, 0.1) is 22.6 Å². The molecule has 1 aromatic carbocycles. The summed E-state index contributed by atoms with van der Waals surface area (Å²) in [6, 6.07) is 4.58. The van der Waals surface area contributed by atoms with Gasteiger partial charge in [-0.2, -0.15) is 0 Å². The van der Waals surface area contributed by atoms with Gasteiger partial charge in [0.2, 0.25) is 0 Å². The Kier molecular flexibility index (Phi) is 4.58. The van der Waals surface area contributed by atoms with Crippen molar-refractivity contribution in [3.8, 4) is 0 Å². The van der Waals surface area contributed by atoms with Crippen LogP contribution in [-0.2, 0) is 10.0 Å². The molecule has 1 aromatic heterocycles. The molecule has 0 unspecified atom stereocenters. The number of anilines is 2. The fourth-order valence-corrected chi connectivity index (χ4v) is 4.86. The van der Waals surface area contributed by atoms with E-state index in [1.165, 1.54) is 24.5 Å². The molecule has 0 aliphatic carbocycles. The van der Waals surface area contributed by atoms with Crippen molar-refractivity contribution in [2.24, 2.45) is 0 Å². The maximum absolute atomic E-state index is 12.4. The van der Waals surface area contributed by atoms with Crippen LogP contribution in [0, 0.1) is 0 Å². The minimum Gasteiger partial charge on any atom is -0.398 e. The topological polar surface area (TPSA) is 85.1 Å². The van der Waals surface area contributed by atoms with Gasteiger partial charge >= 0.3 is 0 Å². The molecule has 0 atom stereocenters. The second-order valence-corrected chi connectivity index (χ2v) is 7.56. The van der Waals surface area contributed by atoms with E-state index in [0.29, 0.717) is 8.95 Å². The Hall–Kier alpha value is -0.830. The van der Waals surface area contributed by atoms with Gasteiger partial charge in [0.25, 0.3) is 10.0 Å². The zero-order valence-corrected chi connectivity index (χ0v) is 14.5. The Balaban J connectivity index is 2.50. The summed E-state index contributed by atoms with van der Waals surface area (Å²) >= 11 is 12.3. The second-order valence-electron chi connectivity index (χ2n) is 3.77. The van der Waals surface area contributed by atoms with E-state index >= 15 is 0 Å². The zero-order chi connectivity index (χ0) is 14.9. The number of pyridine rings is 1. The van der Waals surface area contributed by atoms with Crippen LogP contribution in [-0.4, -0.2) is 13.4 Å². The van der Waals surface area contributed by atoms with Gasteiger partial charge in [-0.25, -0.2) is 8.42 Å². The predicted octanol–water partition coefficient (Wildman–Crippen LogP) is 3.64. The number of aromatic nitrogens is 1. The molecule has 1 heterocycles. The molecule has 0 fully saturated rings. The molecule has 3 N–H and O–H groups in total. The first kappa shape index (κ1) is 15.6. The van der Waals surface area contributed by atoms with Crippen LogP contribution in [0.5, 0.6) is 0 Å². The second kappa shape index (κ2) is 5.88. The van der Waals surface area contributed by atoms with E-state index in [9.17, 15) is 8.42 Å². The van der Waals surface area contributed by atoms with Crippen molar-refractivity contribution in [2.45, 2.75) is 4.90 Å². The molecule has 2 rings (SSSR count). The number of sulfonamides is 1. The van der Waals surface area contributed by atoms with Gasteiger partial charge < -0.3 is 5.73 Å². The molecule has 2 aromatic rings. The molecular weight excluding hydrogens is 433 g/mol. The molecule has 0 radical (unpaired) electrons. The van der Waals surface area contributed by atoms with Gasteiger partial charge in [0.15, 0.2) is 0 Å². The number of hydrogen-bond donors (Lipinski definition) is 2. The number of nitrogens with two attached hydrogens (primary N) is 1. The molecule has 0 aliphatic rings. The van der Waals surface area contributed by atoms with Crippen LogP contribution in [0.1, 0.15) is 0 Å². The summed E-state index contributed by atoms with van der Waals surface area (Å²) in [5, 5.41) is 0.246. The van der Waals surface area contributed by atoms with Crippen molar-refractivity contribution >= 4 is 64.9 Å². The third kappa shape index (κ3) is 3.25. The lowest BCUT2D eigenvalue weighted by Gasteiger charge is -2.12. The molecule has 9 heteroatoms. The van der Waals surface area contributed by atoms with Crippen molar-refractivity contribution < 1.29 is 8.42 Å². The van der Waals surface area contributed by atoms with Gasteiger partial charge in [-0.05, 0) is 34.1 Å². The van der Waals surface area contributed by atoms with E-state index < -0.39 is 10.0 Å². The largest absolute Gasteiger partial charge is 0.398 e. The molecule has 0 spiro atoms. The molecule has 0 bridgehead atoms. The van der Waals surface area contributed by atoms with Crippen molar-refractivity contribution in [3.05, 3.63) is 44.6 Å². The summed E-state index contributed by atoms with van der Waals surface area (Å²) in [7, 11) is -3.88. The van der Waals surface area contributed by atoms with Gasteiger partial charge in [-0.1, -0.05) is 27.5 Å². The van der Waals surface area contributed by atoms with Crippen LogP contribution in [0.15, 0.2) is 44.4 Å². The summed E-state index contributed by atoms with van der Waals surface area (Å²) < 4.78 is 28.1. The van der Waals surface area contributed by atoms with Gasteiger partial charge in [0, 0.05) is 15.1 Å². The first-order valence-electron chi connectivity index (χ1n) is 5.18. The number of nitrogens with one attached hydrogen (secondary N) is 1. The molecule has 20 heavy (non-hydrogen) atoms. The van der Waals surface area contributed by atoms with Crippen LogP contribution in [0.2, 0.25) is 5.02 Å². The average Bonchev–Trinajstić information content (AvgIpc) is 2.30. The number of nitrogens with zero attached hydrogens (tertiary/aromatic N) is 1. The third-order valence-corrected chi connectivity index (χ3v) is 5.48. The molecule has 5 nitrogen and oxygen atoms in total. The van der Waals surface area contributed by atoms with Crippen molar-refractivity contribution in [1.82, 2.24) is 4.98 Å². The lowest BCUT2D eigenvalue weighted by Crippen LogP contribution is -2.16. The minimum absolute atomic E-state index is 0.0550. The summed E-state index contributed by atoms with van der Waals surface area (Å²) in [5.41, 5.74) is 6.07. The quantitative estimate of drug-likeness (QED) is 0.712. The highest BCUT2D eigenvalue weighted by atomic mass is 79.9. The predicted molar refractivity (Wildman–Crippen MR) is 86.3 cm³/mol. The molecular formula is C11H8Br2ClN3O2S. The first-order valence-corrected chi connectivity index (χ1v) is 8.63. The van der Waals surface area contributed by atoms with Crippen LogP contribution in [0.25, 0.3) is 0 Å². The van der Waals surface area contributed by atoms with E-state index in [4.69, 9.17) is 17.3 Å². The number of rotatable bonds is 3. The van der Waals surface area contributed by atoms with Crippen molar-refractivity contribution in [3.63, 3.8) is 0 Å². The van der Waals surface area contributed by atoms with Gasteiger partial charge in [0.1, 0.15) is 4.90 Å². The van der Waals surface area contributed by atoms with Crippen LogP contribution in [0.3, 0.4) is 0 Å². The lowest BCUT2D eigenvalue weighted by atomic mass is 10.3. The molecule has 0 aliphatic heterocycles. The molecule has 0 saturated heterocycles. The number of benzene rings is 1. The number of hydrogen-bond acceptors (Lipinski definition) is 4. The Morgan fingerprint density at radius 1 is 1.30 bits per heavy atom. The fourth-order valence-electron chi connectivity index (χ4n) is 1.51. The Bertz CT molecular complexity index is 745. The van der Waals surface area contributed by atoms with Crippen LogP contribution < -0.4 is 10.5 Å². The standard InChI is InChI=1S/C11H8Br2ClN3O2S/c12-6-3-7(13)11(9(15)4-6)20(18,19)17-10-5-16-2-1-8(10)14/h1-5,17H,15H2. The maximum Gasteiger partial charge on any atom is 0.265 e. The number of nitrogen functional groups attached to an aromatic ring is 1. The lowest BCUT2D eigenvalue weighted by molar-refractivity contribution is 0.601. The molecule has 106 valence electrons. The molecule has 0 saturated carbocycles. The normalized spacial score (nSPS) is 11.3. The van der Waals surface area contributed by atoms with E-state index in [-0.39, 0.29) is 21.3 Å². The highest BCUT2D eigenvalue weighted by molar-refractivity contribution is 9.11. The van der Waals surface area contributed by atoms with Gasteiger partial charge in [-0.3, -0.25) is 9.71 Å². The summed E-state index contributed by atoms with van der Waals surface area (Å²) in [6.07, 6.45) is 2.78. The Morgan fingerprint density at radius 2 is 2.00 bits per heavy atom. The Labute approximate surface area is 137 Å². The zero-order valence-electron chi connectivity index (χ0n) is 9.77. The van der Waals surface area contributed by atoms with Crippen LogP contribution in [0.4, 0.5) is 11.4 Å². The van der Waals surface area contributed by atoms with Crippen molar-refractivity contribution in [2.75, 3.05) is 10.5 Å². The SMILES string of the molecule is Nc1cc(Br)cc(Br)c1S(=O)(=O)Nc1cnccc1Cl. The average molecular weight is 442 g/mol. The number of halogens is 3. The van der Waals surface area contributed by atoms with Crippen LogP contribution >= 0.6 is 43.5 Å². The minimum atomic E-state index is -3.88. The summed E-state index contributed by atoms with van der Waals surface area (Å²) in [5.74, 6) is 0. The summed E-state index contributed by atoms with van der Waals surface area (Å²) in [4.78, 5) is 3.77.